The van der Waals surface area contributed by atoms with Crippen molar-refractivity contribution in [1.29, 1.82) is 0 Å². The molecule has 2 aromatic rings. The van der Waals surface area contributed by atoms with Crippen molar-refractivity contribution in [1.82, 2.24) is 9.88 Å². The number of H-pyrrole nitrogens is 1. The van der Waals surface area contributed by atoms with Crippen LogP contribution in [-0.4, -0.2) is 34.2 Å². The molecule has 0 bridgehead atoms. The van der Waals surface area contributed by atoms with Crippen molar-refractivity contribution in [2.45, 2.75) is 44.2 Å². The predicted molar refractivity (Wildman–Crippen MR) is 82.7 cm³/mol. The zero-order valence-electron chi connectivity index (χ0n) is 12.2. The number of nitrogens with zero attached hydrogens (tertiary/aromatic N) is 1. The van der Waals surface area contributed by atoms with E-state index in [1.807, 2.05) is 6.20 Å². The van der Waals surface area contributed by atoms with Crippen molar-refractivity contribution in [2.75, 3.05) is 13.6 Å². The molecular formula is C17H24N2O. The van der Waals surface area contributed by atoms with Crippen LogP contribution in [0.5, 0.6) is 0 Å². The summed E-state index contributed by atoms with van der Waals surface area (Å²) >= 11 is 0. The fourth-order valence-corrected chi connectivity index (χ4v) is 3.33. The van der Waals surface area contributed by atoms with Crippen LogP contribution in [0.4, 0.5) is 0 Å². The summed E-state index contributed by atoms with van der Waals surface area (Å²) in [7, 11) is 2.14. The first-order valence-electron chi connectivity index (χ1n) is 7.62. The number of benzene rings is 1. The summed E-state index contributed by atoms with van der Waals surface area (Å²) in [5.41, 5.74) is 2.17. The van der Waals surface area contributed by atoms with Crippen LogP contribution in [0.25, 0.3) is 10.9 Å². The standard InChI is InChI=1S/C17H24N2O/c1-19(12-10-17(20)8-2-3-9-17)13-15-6-4-5-14-7-11-18-16(14)15/h4-7,11,18,20H,2-3,8-10,12-13H2,1H3. The molecule has 1 fully saturated rings. The first-order valence-corrected chi connectivity index (χ1v) is 7.62. The molecule has 3 heteroatoms. The van der Waals surface area contributed by atoms with Crippen molar-refractivity contribution < 1.29 is 5.11 Å². The molecule has 20 heavy (non-hydrogen) atoms. The summed E-state index contributed by atoms with van der Waals surface area (Å²) in [6.07, 6.45) is 7.21. The van der Waals surface area contributed by atoms with Gasteiger partial charge in [-0.1, -0.05) is 31.0 Å². The third kappa shape index (κ3) is 2.89. The highest BCUT2D eigenvalue weighted by atomic mass is 16.3. The minimum absolute atomic E-state index is 0.396. The number of fused-ring (bicyclic) bond motifs is 1. The second-order valence-corrected chi connectivity index (χ2v) is 6.28. The van der Waals surface area contributed by atoms with Gasteiger partial charge < -0.3 is 15.0 Å². The van der Waals surface area contributed by atoms with Gasteiger partial charge in [-0.3, -0.25) is 0 Å². The molecule has 1 aliphatic rings. The zero-order valence-corrected chi connectivity index (χ0v) is 12.2. The number of aliphatic hydroxyl groups is 1. The lowest BCUT2D eigenvalue weighted by molar-refractivity contribution is 0.0298. The van der Waals surface area contributed by atoms with Crippen LogP contribution in [0.3, 0.4) is 0 Å². The first kappa shape index (κ1) is 13.7. The Balaban J connectivity index is 1.61. The van der Waals surface area contributed by atoms with Gasteiger partial charge in [0.2, 0.25) is 0 Å². The average molecular weight is 272 g/mol. The number of hydrogen-bond acceptors (Lipinski definition) is 2. The van der Waals surface area contributed by atoms with E-state index in [1.54, 1.807) is 0 Å². The SMILES string of the molecule is CN(CCC1(O)CCCC1)Cc1cccc2cc[nH]c12. The Labute approximate surface area is 120 Å². The third-order valence-corrected chi connectivity index (χ3v) is 4.61. The fourth-order valence-electron chi connectivity index (χ4n) is 3.33. The smallest absolute Gasteiger partial charge is 0.0660 e. The lowest BCUT2D eigenvalue weighted by Crippen LogP contribution is -2.31. The van der Waals surface area contributed by atoms with Crippen molar-refractivity contribution in [3.8, 4) is 0 Å². The minimum Gasteiger partial charge on any atom is -0.390 e. The lowest BCUT2D eigenvalue weighted by Gasteiger charge is -2.25. The van der Waals surface area contributed by atoms with E-state index in [1.165, 1.54) is 29.3 Å². The van der Waals surface area contributed by atoms with Gasteiger partial charge in [0, 0.05) is 24.8 Å². The van der Waals surface area contributed by atoms with E-state index in [4.69, 9.17) is 0 Å². The topological polar surface area (TPSA) is 39.3 Å². The van der Waals surface area contributed by atoms with Gasteiger partial charge in [0.1, 0.15) is 0 Å². The van der Waals surface area contributed by atoms with Crippen LogP contribution in [0.15, 0.2) is 30.5 Å². The molecule has 0 amide bonds. The van der Waals surface area contributed by atoms with Gasteiger partial charge in [-0.05, 0) is 43.3 Å². The van der Waals surface area contributed by atoms with E-state index in [0.717, 1.165) is 32.4 Å². The number of rotatable bonds is 5. The number of para-hydroxylation sites is 1. The monoisotopic (exact) mass is 272 g/mol. The summed E-state index contributed by atoms with van der Waals surface area (Å²) in [5, 5.41) is 11.7. The van der Waals surface area contributed by atoms with E-state index in [-0.39, 0.29) is 0 Å². The second-order valence-electron chi connectivity index (χ2n) is 6.28. The number of aromatic nitrogens is 1. The summed E-state index contributed by atoms with van der Waals surface area (Å²) in [6, 6.07) is 8.54. The van der Waals surface area contributed by atoms with Gasteiger partial charge in [0.25, 0.3) is 0 Å². The molecule has 1 aromatic heterocycles. The molecule has 1 heterocycles. The van der Waals surface area contributed by atoms with Crippen LogP contribution in [0.1, 0.15) is 37.7 Å². The largest absolute Gasteiger partial charge is 0.390 e. The average Bonchev–Trinajstić information content (AvgIpc) is 3.06. The second kappa shape index (κ2) is 5.58. The Hall–Kier alpha value is -1.32. The lowest BCUT2D eigenvalue weighted by atomic mass is 9.98. The summed E-state index contributed by atoms with van der Waals surface area (Å²) in [4.78, 5) is 5.63. The Morgan fingerprint density at radius 3 is 2.85 bits per heavy atom. The Bertz CT molecular complexity index is 569. The number of hydrogen-bond donors (Lipinski definition) is 2. The Morgan fingerprint density at radius 1 is 1.25 bits per heavy atom. The molecule has 0 saturated heterocycles. The highest BCUT2D eigenvalue weighted by Crippen LogP contribution is 2.32. The molecule has 0 aliphatic heterocycles. The maximum absolute atomic E-state index is 10.4. The highest BCUT2D eigenvalue weighted by molar-refractivity contribution is 5.82. The van der Waals surface area contributed by atoms with Crippen LogP contribution in [-0.2, 0) is 6.54 Å². The maximum atomic E-state index is 10.4. The normalized spacial score (nSPS) is 18.1. The van der Waals surface area contributed by atoms with E-state index < -0.39 is 5.60 Å². The first-order chi connectivity index (χ1) is 9.66. The molecule has 3 rings (SSSR count). The number of aromatic amines is 1. The predicted octanol–water partition coefficient (Wildman–Crippen LogP) is 3.29. The van der Waals surface area contributed by atoms with E-state index in [0.29, 0.717) is 0 Å². The molecule has 1 aromatic carbocycles. The summed E-state index contributed by atoms with van der Waals surface area (Å²) in [6.45, 7) is 1.88. The van der Waals surface area contributed by atoms with E-state index in [2.05, 4.69) is 41.2 Å². The van der Waals surface area contributed by atoms with Gasteiger partial charge in [-0.15, -0.1) is 0 Å². The van der Waals surface area contributed by atoms with Crippen molar-refractivity contribution in [3.05, 3.63) is 36.0 Å². The molecule has 1 saturated carbocycles. The van der Waals surface area contributed by atoms with E-state index in [9.17, 15) is 5.11 Å². The van der Waals surface area contributed by atoms with E-state index >= 15 is 0 Å². The Morgan fingerprint density at radius 2 is 2.05 bits per heavy atom. The maximum Gasteiger partial charge on any atom is 0.0660 e. The Kier molecular flexibility index (Phi) is 3.81. The van der Waals surface area contributed by atoms with Crippen molar-refractivity contribution in [3.63, 3.8) is 0 Å². The minimum atomic E-state index is -0.396. The van der Waals surface area contributed by atoms with Gasteiger partial charge in [0.05, 0.1) is 5.60 Å². The molecule has 1 aliphatic carbocycles. The molecule has 0 spiro atoms. The van der Waals surface area contributed by atoms with Gasteiger partial charge >= 0.3 is 0 Å². The number of nitrogens with one attached hydrogen (secondary N) is 1. The van der Waals surface area contributed by atoms with Crippen LogP contribution >= 0.6 is 0 Å². The fraction of sp³-hybridized carbons (Fsp3) is 0.529. The molecule has 108 valence electrons. The quantitative estimate of drug-likeness (QED) is 0.876. The molecule has 3 nitrogen and oxygen atoms in total. The van der Waals surface area contributed by atoms with Crippen LogP contribution in [0, 0.1) is 0 Å². The molecule has 0 radical (unpaired) electrons. The van der Waals surface area contributed by atoms with Gasteiger partial charge in [-0.25, -0.2) is 0 Å². The molecule has 0 atom stereocenters. The van der Waals surface area contributed by atoms with Crippen molar-refractivity contribution in [2.24, 2.45) is 0 Å². The molecule has 0 unspecified atom stereocenters. The highest BCUT2D eigenvalue weighted by Gasteiger charge is 2.30. The zero-order chi connectivity index (χ0) is 14.0. The van der Waals surface area contributed by atoms with Gasteiger partial charge in [-0.2, -0.15) is 0 Å². The summed E-state index contributed by atoms with van der Waals surface area (Å²) in [5.74, 6) is 0. The van der Waals surface area contributed by atoms with Crippen LogP contribution < -0.4 is 0 Å². The van der Waals surface area contributed by atoms with Crippen molar-refractivity contribution >= 4 is 10.9 Å². The van der Waals surface area contributed by atoms with Crippen LogP contribution in [0.2, 0.25) is 0 Å². The molecule has 2 N–H and O–H groups in total. The van der Waals surface area contributed by atoms with Gasteiger partial charge in [0.15, 0.2) is 0 Å². The molecular weight excluding hydrogens is 248 g/mol. The third-order valence-electron chi connectivity index (χ3n) is 4.61. The summed E-state index contributed by atoms with van der Waals surface area (Å²) < 4.78 is 0.